The maximum atomic E-state index is 5.67. The Bertz CT molecular complexity index is 197. The highest BCUT2D eigenvalue weighted by Gasteiger charge is 2.16. The van der Waals surface area contributed by atoms with Crippen molar-refractivity contribution >= 4 is 5.84 Å². The van der Waals surface area contributed by atoms with Crippen LogP contribution in [0, 0.1) is 5.41 Å². The maximum absolute atomic E-state index is 5.67. The Hall–Kier alpha value is -0.570. The summed E-state index contributed by atoms with van der Waals surface area (Å²) < 4.78 is 0. The smallest absolute Gasteiger partial charge is 0.0963 e. The summed E-state index contributed by atoms with van der Waals surface area (Å²) in [6.07, 6.45) is 4.94. The molecule has 0 unspecified atom stereocenters. The van der Waals surface area contributed by atoms with Crippen LogP contribution in [0.4, 0.5) is 0 Å². The van der Waals surface area contributed by atoms with Gasteiger partial charge < -0.3 is 11.1 Å². The van der Waals surface area contributed by atoms with Gasteiger partial charge in [0.1, 0.15) is 0 Å². The van der Waals surface area contributed by atoms with Crippen molar-refractivity contribution in [3.05, 3.63) is 0 Å². The number of amidine groups is 1. The largest absolute Gasteiger partial charge is 0.373 e. The van der Waals surface area contributed by atoms with Gasteiger partial charge in [-0.2, -0.15) is 0 Å². The molecule has 1 heterocycles. The van der Waals surface area contributed by atoms with Gasteiger partial charge in [-0.3, -0.25) is 4.99 Å². The SMILES string of the molecule is CC(C)(CN)CNC1=NCCCCC1. The standard InChI is InChI=1S/C11H23N3/c1-11(2,8-12)9-14-10-6-4-3-5-7-13-10/h3-9,12H2,1-2H3,(H,13,14). The van der Waals surface area contributed by atoms with Crippen molar-refractivity contribution in [3.8, 4) is 0 Å². The summed E-state index contributed by atoms with van der Waals surface area (Å²) in [5.74, 6) is 1.18. The molecule has 14 heavy (non-hydrogen) atoms. The lowest BCUT2D eigenvalue weighted by Crippen LogP contribution is -2.38. The lowest BCUT2D eigenvalue weighted by atomic mass is 9.94. The van der Waals surface area contributed by atoms with Crippen LogP contribution in [0.25, 0.3) is 0 Å². The molecule has 1 aliphatic heterocycles. The molecule has 0 saturated heterocycles. The van der Waals surface area contributed by atoms with Gasteiger partial charge in [0.15, 0.2) is 0 Å². The summed E-state index contributed by atoms with van der Waals surface area (Å²) in [6.45, 7) is 7.00. The summed E-state index contributed by atoms with van der Waals surface area (Å²) in [7, 11) is 0. The van der Waals surface area contributed by atoms with Crippen LogP contribution < -0.4 is 11.1 Å². The third-order valence-corrected chi connectivity index (χ3v) is 2.70. The third-order valence-electron chi connectivity index (χ3n) is 2.70. The zero-order chi connectivity index (χ0) is 10.4. The predicted molar refractivity (Wildman–Crippen MR) is 61.6 cm³/mol. The van der Waals surface area contributed by atoms with E-state index >= 15 is 0 Å². The van der Waals surface area contributed by atoms with Crippen LogP contribution in [0.1, 0.15) is 39.5 Å². The Morgan fingerprint density at radius 2 is 2.14 bits per heavy atom. The van der Waals surface area contributed by atoms with E-state index in [4.69, 9.17) is 5.73 Å². The van der Waals surface area contributed by atoms with Gasteiger partial charge in [-0.1, -0.05) is 20.3 Å². The van der Waals surface area contributed by atoms with Gasteiger partial charge in [-0.05, 0) is 24.8 Å². The molecule has 0 aromatic rings. The van der Waals surface area contributed by atoms with E-state index < -0.39 is 0 Å². The molecule has 82 valence electrons. The topological polar surface area (TPSA) is 50.4 Å². The summed E-state index contributed by atoms with van der Waals surface area (Å²) >= 11 is 0. The van der Waals surface area contributed by atoms with Crippen LogP contribution in [0.5, 0.6) is 0 Å². The predicted octanol–water partition coefficient (Wildman–Crippen LogP) is 1.53. The first-order chi connectivity index (χ1) is 6.64. The lowest BCUT2D eigenvalue weighted by Gasteiger charge is -2.23. The van der Waals surface area contributed by atoms with Crippen molar-refractivity contribution in [1.82, 2.24) is 5.32 Å². The second-order valence-electron chi connectivity index (χ2n) is 4.86. The molecule has 0 saturated carbocycles. The van der Waals surface area contributed by atoms with E-state index in [0.717, 1.165) is 19.5 Å². The number of aliphatic imine (C=N–C) groups is 1. The lowest BCUT2D eigenvalue weighted by molar-refractivity contribution is 0.375. The van der Waals surface area contributed by atoms with Crippen molar-refractivity contribution in [3.63, 3.8) is 0 Å². The van der Waals surface area contributed by atoms with Gasteiger partial charge in [0.2, 0.25) is 0 Å². The van der Waals surface area contributed by atoms with E-state index in [9.17, 15) is 0 Å². The van der Waals surface area contributed by atoms with E-state index in [1.807, 2.05) is 0 Å². The molecule has 3 N–H and O–H groups in total. The average Bonchev–Trinajstić information content (AvgIpc) is 2.43. The molecule has 0 fully saturated rings. The zero-order valence-corrected chi connectivity index (χ0v) is 9.47. The highest BCUT2D eigenvalue weighted by molar-refractivity contribution is 5.82. The van der Waals surface area contributed by atoms with Gasteiger partial charge in [0.25, 0.3) is 0 Å². The van der Waals surface area contributed by atoms with Crippen molar-refractivity contribution in [2.75, 3.05) is 19.6 Å². The van der Waals surface area contributed by atoms with E-state index in [0.29, 0.717) is 6.54 Å². The molecular formula is C11H23N3. The van der Waals surface area contributed by atoms with Crippen molar-refractivity contribution in [2.45, 2.75) is 39.5 Å². The average molecular weight is 197 g/mol. The first-order valence-electron chi connectivity index (χ1n) is 5.61. The fourth-order valence-electron chi connectivity index (χ4n) is 1.43. The molecule has 1 rings (SSSR count). The quantitative estimate of drug-likeness (QED) is 0.721. The molecule has 0 aromatic carbocycles. The first kappa shape index (κ1) is 11.5. The highest BCUT2D eigenvalue weighted by Crippen LogP contribution is 2.11. The number of nitrogens with two attached hydrogens (primary N) is 1. The van der Waals surface area contributed by atoms with Crippen molar-refractivity contribution in [2.24, 2.45) is 16.1 Å². The number of nitrogens with one attached hydrogen (secondary N) is 1. The molecule has 0 spiro atoms. The van der Waals surface area contributed by atoms with Crippen LogP contribution in [-0.2, 0) is 0 Å². The minimum absolute atomic E-state index is 0.175. The van der Waals surface area contributed by atoms with Crippen LogP contribution in [0.2, 0.25) is 0 Å². The van der Waals surface area contributed by atoms with E-state index in [2.05, 4.69) is 24.2 Å². The molecule has 1 aliphatic rings. The van der Waals surface area contributed by atoms with Crippen LogP contribution in [0.3, 0.4) is 0 Å². The van der Waals surface area contributed by atoms with Gasteiger partial charge in [-0.25, -0.2) is 0 Å². The van der Waals surface area contributed by atoms with Gasteiger partial charge in [-0.15, -0.1) is 0 Å². The fraction of sp³-hybridized carbons (Fsp3) is 0.909. The molecular weight excluding hydrogens is 174 g/mol. The number of hydrogen-bond acceptors (Lipinski definition) is 3. The van der Waals surface area contributed by atoms with Crippen molar-refractivity contribution < 1.29 is 0 Å². The molecule has 0 radical (unpaired) electrons. The van der Waals surface area contributed by atoms with Gasteiger partial charge in [0.05, 0.1) is 5.84 Å². The molecule has 0 atom stereocenters. The molecule has 0 aliphatic carbocycles. The third kappa shape index (κ3) is 4.09. The molecule has 3 heteroatoms. The molecule has 0 bridgehead atoms. The second-order valence-corrected chi connectivity index (χ2v) is 4.86. The normalized spacial score (nSPS) is 18.6. The number of nitrogens with zero attached hydrogens (tertiary/aromatic N) is 1. The van der Waals surface area contributed by atoms with E-state index in [1.165, 1.54) is 25.1 Å². The number of rotatable bonds is 3. The van der Waals surface area contributed by atoms with Crippen LogP contribution in [0.15, 0.2) is 4.99 Å². The van der Waals surface area contributed by atoms with E-state index in [1.54, 1.807) is 0 Å². The maximum Gasteiger partial charge on any atom is 0.0963 e. The minimum Gasteiger partial charge on any atom is -0.373 e. The Morgan fingerprint density at radius 1 is 1.36 bits per heavy atom. The fourth-order valence-corrected chi connectivity index (χ4v) is 1.43. The van der Waals surface area contributed by atoms with Crippen LogP contribution in [-0.4, -0.2) is 25.5 Å². The summed E-state index contributed by atoms with van der Waals surface area (Å²) in [4.78, 5) is 4.53. The minimum atomic E-state index is 0.175. The van der Waals surface area contributed by atoms with E-state index in [-0.39, 0.29) is 5.41 Å². The Kier molecular flexibility index (Phi) is 4.39. The second kappa shape index (κ2) is 5.35. The Balaban J connectivity index is 2.32. The van der Waals surface area contributed by atoms with Crippen LogP contribution >= 0.6 is 0 Å². The first-order valence-corrected chi connectivity index (χ1v) is 5.61. The zero-order valence-electron chi connectivity index (χ0n) is 9.47. The van der Waals surface area contributed by atoms with Crippen molar-refractivity contribution in [1.29, 1.82) is 0 Å². The molecule has 0 aromatic heterocycles. The Labute approximate surface area is 87.2 Å². The Morgan fingerprint density at radius 3 is 2.86 bits per heavy atom. The summed E-state index contributed by atoms with van der Waals surface area (Å²) in [6, 6.07) is 0. The monoisotopic (exact) mass is 197 g/mol. The molecule has 0 amide bonds. The van der Waals surface area contributed by atoms with Gasteiger partial charge >= 0.3 is 0 Å². The van der Waals surface area contributed by atoms with Gasteiger partial charge in [0, 0.05) is 19.5 Å². The summed E-state index contributed by atoms with van der Waals surface area (Å²) in [5.41, 5.74) is 5.85. The number of hydrogen-bond donors (Lipinski definition) is 2. The molecule has 3 nitrogen and oxygen atoms in total. The highest BCUT2D eigenvalue weighted by atomic mass is 15.0. The summed E-state index contributed by atoms with van der Waals surface area (Å²) in [5, 5.41) is 3.42.